The van der Waals surface area contributed by atoms with Gasteiger partial charge >= 0.3 is 0 Å². The van der Waals surface area contributed by atoms with Gasteiger partial charge in [-0.2, -0.15) is 0 Å². The Kier molecular flexibility index (Phi) is 6.59. The summed E-state index contributed by atoms with van der Waals surface area (Å²) in [6.07, 6.45) is 4.46. The molecule has 0 aromatic rings. The third kappa shape index (κ3) is 3.52. The summed E-state index contributed by atoms with van der Waals surface area (Å²) in [7, 11) is 0. The first-order valence-corrected chi connectivity index (χ1v) is 7.94. The molecule has 3 atom stereocenters. The van der Waals surface area contributed by atoms with Crippen LogP contribution in [0.5, 0.6) is 0 Å². The van der Waals surface area contributed by atoms with Crippen molar-refractivity contribution in [1.82, 2.24) is 0 Å². The van der Waals surface area contributed by atoms with Crippen LogP contribution >= 0.6 is 0 Å². The maximum Gasteiger partial charge on any atom is -0.0246 e. The molecule has 0 N–H and O–H groups in total. The highest BCUT2D eigenvalue weighted by molar-refractivity contribution is 5.19. The highest BCUT2D eigenvalue weighted by atomic mass is 14.6. The zero-order chi connectivity index (χ0) is 15.4. The predicted octanol–water partition coefficient (Wildman–Crippen LogP) is 6.63. The van der Waals surface area contributed by atoms with Gasteiger partial charge in [-0.05, 0) is 55.8 Å². The van der Waals surface area contributed by atoms with E-state index >= 15 is 0 Å². The molecule has 112 valence electrons. The van der Waals surface area contributed by atoms with Gasteiger partial charge in [-0.3, -0.25) is 0 Å². The van der Waals surface area contributed by atoms with Crippen molar-refractivity contribution in [3.05, 3.63) is 24.3 Å². The number of fused-ring (bicyclic) bond motifs is 2. The summed E-state index contributed by atoms with van der Waals surface area (Å²) in [5, 5.41) is 0. The zero-order valence-corrected chi connectivity index (χ0v) is 14.7. The topological polar surface area (TPSA) is 0 Å². The van der Waals surface area contributed by atoms with Gasteiger partial charge in [-0.25, -0.2) is 0 Å². The van der Waals surface area contributed by atoms with Crippen LogP contribution in [0.1, 0.15) is 74.7 Å². The largest absolute Gasteiger partial charge is 0.0959 e. The lowest BCUT2D eigenvalue weighted by Crippen LogP contribution is -2.30. The lowest BCUT2D eigenvalue weighted by molar-refractivity contribution is 0.112. The van der Waals surface area contributed by atoms with Gasteiger partial charge in [0.25, 0.3) is 0 Å². The van der Waals surface area contributed by atoms with Crippen molar-refractivity contribution in [2.24, 2.45) is 22.7 Å². The van der Waals surface area contributed by atoms with Crippen molar-refractivity contribution in [2.45, 2.75) is 74.7 Å². The van der Waals surface area contributed by atoms with E-state index in [4.69, 9.17) is 0 Å². The SMILES string of the molecule is C=C(C)C(=C)C.CC.CC1CC2CCC1(C)C2(C)C. The van der Waals surface area contributed by atoms with E-state index in [1.54, 1.807) is 0 Å². The molecule has 0 aromatic carbocycles. The fraction of sp³-hybridized carbons (Fsp3) is 0.789. The van der Waals surface area contributed by atoms with Crippen LogP contribution in [0.3, 0.4) is 0 Å². The fourth-order valence-electron chi connectivity index (χ4n) is 3.60. The van der Waals surface area contributed by atoms with E-state index in [-0.39, 0.29) is 0 Å². The van der Waals surface area contributed by atoms with Crippen molar-refractivity contribution >= 4 is 0 Å². The standard InChI is InChI=1S/C11H20.C6H10.C2H6/c1-8-7-9-5-6-11(8,4)10(9,2)3;1-5(2)6(3)4;1-2/h8-9H,5-7H2,1-4H3;1,3H2,2,4H3;1-2H3. The van der Waals surface area contributed by atoms with Crippen LogP contribution in [-0.4, -0.2) is 0 Å². The molecule has 2 bridgehead atoms. The average molecular weight is 264 g/mol. The lowest BCUT2D eigenvalue weighted by Gasteiger charge is -2.37. The molecule has 2 saturated carbocycles. The maximum absolute atomic E-state index is 3.66. The van der Waals surface area contributed by atoms with Crippen molar-refractivity contribution in [3.63, 3.8) is 0 Å². The average Bonchev–Trinajstić information content (AvgIpc) is 2.65. The zero-order valence-electron chi connectivity index (χ0n) is 14.7. The Hall–Kier alpha value is -0.520. The molecule has 2 aliphatic carbocycles. The maximum atomic E-state index is 3.66. The summed E-state index contributed by atoms with van der Waals surface area (Å²) in [6.45, 7) is 25.1. The van der Waals surface area contributed by atoms with E-state index in [2.05, 4.69) is 40.9 Å². The molecule has 0 radical (unpaired) electrons. The van der Waals surface area contributed by atoms with Gasteiger partial charge < -0.3 is 0 Å². The van der Waals surface area contributed by atoms with Crippen LogP contribution in [0.25, 0.3) is 0 Å². The summed E-state index contributed by atoms with van der Waals surface area (Å²) < 4.78 is 0. The van der Waals surface area contributed by atoms with E-state index in [1.807, 2.05) is 27.7 Å². The number of rotatable bonds is 1. The van der Waals surface area contributed by atoms with Crippen LogP contribution in [0, 0.1) is 22.7 Å². The summed E-state index contributed by atoms with van der Waals surface area (Å²) in [5.41, 5.74) is 3.43. The predicted molar refractivity (Wildman–Crippen MR) is 89.4 cm³/mol. The second-order valence-corrected chi connectivity index (χ2v) is 7.07. The molecule has 0 saturated heterocycles. The minimum atomic E-state index is 0.631. The van der Waals surface area contributed by atoms with Gasteiger partial charge in [-0.15, -0.1) is 0 Å². The molecular weight excluding hydrogens is 228 g/mol. The first kappa shape index (κ1) is 18.5. The molecule has 3 unspecified atom stereocenters. The van der Waals surface area contributed by atoms with Gasteiger partial charge in [-0.1, -0.05) is 65.8 Å². The van der Waals surface area contributed by atoms with Gasteiger partial charge in [0.05, 0.1) is 0 Å². The van der Waals surface area contributed by atoms with E-state index in [1.165, 1.54) is 19.3 Å². The highest BCUT2D eigenvalue weighted by Gasteiger charge is 2.59. The minimum Gasteiger partial charge on any atom is -0.0959 e. The molecule has 19 heavy (non-hydrogen) atoms. The Morgan fingerprint density at radius 2 is 1.42 bits per heavy atom. The van der Waals surface area contributed by atoms with Crippen molar-refractivity contribution in [1.29, 1.82) is 0 Å². The summed E-state index contributed by atoms with van der Waals surface area (Å²) >= 11 is 0. The monoisotopic (exact) mass is 264 g/mol. The molecular formula is C19H36. The molecule has 0 spiro atoms. The first-order valence-electron chi connectivity index (χ1n) is 7.94. The molecule has 2 fully saturated rings. The smallest absolute Gasteiger partial charge is 0.0246 e. The van der Waals surface area contributed by atoms with Crippen LogP contribution in [0.4, 0.5) is 0 Å². The third-order valence-corrected chi connectivity index (χ3v) is 5.96. The molecule has 2 aliphatic rings. The Balaban J connectivity index is 0.000000350. The Morgan fingerprint density at radius 3 is 1.53 bits per heavy atom. The van der Waals surface area contributed by atoms with Crippen LogP contribution in [0.15, 0.2) is 24.3 Å². The van der Waals surface area contributed by atoms with Gasteiger partial charge in [0.1, 0.15) is 0 Å². The van der Waals surface area contributed by atoms with E-state index in [0.29, 0.717) is 10.8 Å². The van der Waals surface area contributed by atoms with Crippen molar-refractivity contribution in [2.75, 3.05) is 0 Å². The normalized spacial score (nSPS) is 33.7. The second kappa shape index (κ2) is 6.77. The third-order valence-electron chi connectivity index (χ3n) is 5.96. The molecule has 2 rings (SSSR count). The van der Waals surface area contributed by atoms with E-state index in [0.717, 1.165) is 23.0 Å². The molecule has 0 aromatic heterocycles. The second-order valence-electron chi connectivity index (χ2n) is 7.07. The number of hydrogen-bond acceptors (Lipinski definition) is 0. The highest BCUT2D eigenvalue weighted by Crippen LogP contribution is 2.67. The molecule has 0 heterocycles. The Labute approximate surface area is 122 Å². The van der Waals surface area contributed by atoms with Gasteiger partial charge in [0, 0.05) is 0 Å². The van der Waals surface area contributed by atoms with Crippen LogP contribution in [-0.2, 0) is 0 Å². The quantitative estimate of drug-likeness (QED) is 0.466. The van der Waals surface area contributed by atoms with E-state index in [9.17, 15) is 0 Å². The van der Waals surface area contributed by atoms with Gasteiger partial charge in [0.2, 0.25) is 0 Å². The number of hydrogen-bond donors (Lipinski definition) is 0. The number of allylic oxidation sites excluding steroid dienone is 2. The van der Waals surface area contributed by atoms with Crippen molar-refractivity contribution < 1.29 is 0 Å². The van der Waals surface area contributed by atoms with E-state index < -0.39 is 0 Å². The minimum absolute atomic E-state index is 0.631. The van der Waals surface area contributed by atoms with Crippen molar-refractivity contribution in [3.8, 4) is 0 Å². The molecule has 0 nitrogen and oxygen atoms in total. The Bertz CT molecular complexity index is 309. The summed E-state index contributed by atoms with van der Waals surface area (Å²) in [4.78, 5) is 0. The molecule has 0 aliphatic heterocycles. The lowest BCUT2D eigenvalue weighted by atomic mass is 9.67. The van der Waals surface area contributed by atoms with Crippen LogP contribution < -0.4 is 0 Å². The Morgan fingerprint density at radius 1 is 1.00 bits per heavy atom. The molecule has 0 amide bonds. The van der Waals surface area contributed by atoms with Crippen LogP contribution in [0.2, 0.25) is 0 Å². The molecule has 0 heteroatoms. The van der Waals surface area contributed by atoms with Gasteiger partial charge in [0.15, 0.2) is 0 Å². The summed E-state index contributed by atoms with van der Waals surface area (Å²) in [6, 6.07) is 0. The summed E-state index contributed by atoms with van der Waals surface area (Å²) in [5.74, 6) is 2.00. The first-order chi connectivity index (χ1) is 8.63. The fourth-order valence-corrected chi connectivity index (χ4v) is 3.60.